The van der Waals surface area contributed by atoms with Gasteiger partial charge in [-0.05, 0) is 30.9 Å². The third-order valence-corrected chi connectivity index (χ3v) is 3.86. The molecule has 0 aliphatic carbocycles. The lowest BCUT2D eigenvalue weighted by molar-refractivity contribution is -0.121. The van der Waals surface area contributed by atoms with Crippen LogP contribution in [-0.2, 0) is 4.79 Å². The van der Waals surface area contributed by atoms with Gasteiger partial charge in [-0.25, -0.2) is 4.79 Å². The molecule has 0 aromatic heterocycles. The molecule has 1 aliphatic heterocycles. The molecule has 0 spiro atoms. The van der Waals surface area contributed by atoms with Crippen LogP contribution in [0.5, 0.6) is 0 Å². The number of hydrogen-bond acceptors (Lipinski definition) is 2. The Bertz CT molecular complexity index is 494. The average Bonchev–Trinajstić information content (AvgIpc) is 2.53. The van der Waals surface area contributed by atoms with Gasteiger partial charge in [0.15, 0.2) is 0 Å². The minimum atomic E-state index is -0.0191. The fourth-order valence-electron chi connectivity index (χ4n) is 2.51. The third-order valence-electron chi connectivity index (χ3n) is 3.86. The fraction of sp³-hybridized carbons (Fsp3) is 0.529. The van der Waals surface area contributed by atoms with Crippen LogP contribution < -0.4 is 10.6 Å². The number of hydrogen-bond donors (Lipinski definition) is 2. The van der Waals surface area contributed by atoms with Gasteiger partial charge >= 0.3 is 6.03 Å². The summed E-state index contributed by atoms with van der Waals surface area (Å²) < 4.78 is 0. The third kappa shape index (κ3) is 4.76. The monoisotopic (exact) mass is 303 g/mol. The van der Waals surface area contributed by atoms with Gasteiger partial charge in [0, 0.05) is 31.2 Å². The van der Waals surface area contributed by atoms with Crippen molar-refractivity contribution < 1.29 is 9.59 Å². The van der Waals surface area contributed by atoms with E-state index in [9.17, 15) is 9.59 Å². The van der Waals surface area contributed by atoms with E-state index in [4.69, 9.17) is 0 Å². The highest BCUT2D eigenvalue weighted by Crippen LogP contribution is 2.19. The maximum Gasteiger partial charge on any atom is 0.317 e. The van der Waals surface area contributed by atoms with Crippen molar-refractivity contribution in [3.8, 4) is 0 Å². The van der Waals surface area contributed by atoms with E-state index in [2.05, 4.69) is 24.5 Å². The number of benzene rings is 1. The number of likely N-dealkylation sites (tertiary alicyclic amines) is 1. The summed E-state index contributed by atoms with van der Waals surface area (Å²) in [6.45, 7) is 6.10. The SMILES string of the molecule is CC(C)CNC(=O)N1CCC(C(=O)Nc2ccccc2)CC1. The molecule has 0 saturated carbocycles. The van der Waals surface area contributed by atoms with Crippen LogP contribution in [0, 0.1) is 11.8 Å². The first-order valence-electron chi connectivity index (χ1n) is 7.95. The number of anilines is 1. The molecule has 22 heavy (non-hydrogen) atoms. The van der Waals surface area contributed by atoms with E-state index < -0.39 is 0 Å². The molecule has 120 valence electrons. The zero-order valence-corrected chi connectivity index (χ0v) is 13.3. The lowest BCUT2D eigenvalue weighted by atomic mass is 9.96. The normalized spacial score (nSPS) is 15.7. The Labute approximate surface area is 132 Å². The topological polar surface area (TPSA) is 61.4 Å². The first kappa shape index (κ1) is 16.3. The number of urea groups is 1. The molecule has 1 aromatic carbocycles. The quantitative estimate of drug-likeness (QED) is 0.898. The largest absolute Gasteiger partial charge is 0.338 e. The molecule has 0 bridgehead atoms. The first-order valence-corrected chi connectivity index (χ1v) is 7.95. The summed E-state index contributed by atoms with van der Waals surface area (Å²) in [5.74, 6) is 0.473. The van der Waals surface area contributed by atoms with Gasteiger partial charge in [-0.15, -0.1) is 0 Å². The van der Waals surface area contributed by atoms with Gasteiger partial charge in [0.1, 0.15) is 0 Å². The summed E-state index contributed by atoms with van der Waals surface area (Å²) in [5.41, 5.74) is 0.824. The number of amides is 3. The van der Waals surface area contributed by atoms with Crippen molar-refractivity contribution in [2.75, 3.05) is 25.0 Å². The summed E-state index contributed by atoms with van der Waals surface area (Å²) in [6, 6.07) is 9.47. The smallest absolute Gasteiger partial charge is 0.317 e. The molecule has 1 aromatic rings. The van der Waals surface area contributed by atoms with Crippen molar-refractivity contribution in [2.45, 2.75) is 26.7 Å². The maximum atomic E-state index is 12.2. The van der Waals surface area contributed by atoms with Crippen molar-refractivity contribution >= 4 is 17.6 Å². The lowest BCUT2D eigenvalue weighted by Gasteiger charge is -2.31. The molecular formula is C17H25N3O2. The highest BCUT2D eigenvalue weighted by molar-refractivity contribution is 5.92. The Hall–Kier alpha value is -2.04. The predicted molar refractivity (Wildman–Crippen MR) is 87.6 cm³/mol. The van der Waals surface area contributed by atoms with Gasteiger partial charge in [0.25, 0.3) is 0 Å². The van der Waals surface area contributed by atoms with E-state index >= 15 is 0 Å². The molecule has 1 heterocycles. The molecule has 0 radical (unpaired) electrons. The van der Waals surface area contributed by atoms with Crippen molar-refractivity contribution in [1.29, 1.82) is 0 Å². The van der Waals surface area contributed by atoms with Gasteiger partial charge in [0.05, 0.1) is 0 Å². The molecule has 2 rings (SSSR count). The number of carbonyl (C=O) groups is 2. The second-order valence-electron chi connectivity index (χ2n) is 6.20. The minimum Gasteiger partial charge on any atom is -0.338 e. The Kier molecular flexibility index (Phi) is 5.81. The predicted octanol–water partition coefficient (Wildman–Crippen LogP) is 2.70. The standard InChI is InChI=1S/C17H25N3O2/c1-13(2)12-18-17(22)20-10-8-14(9-11-20)16(21)19-15-6-4-3-5-7-15/h3-7,13-14H,8-12H2,1-2H3,(H,18,22)(H,19,21). The van der Waals surface area contributed by atoms with Gasteiger partial charge in [-0.2, -0.15) is 0 Å². The van der Waals surface area contributed by atoms with E-state index in [1.54, 1.807) is 4.90 Å². The zero-order chi connectivity index (χ0) is 15.9. The number of nitrogens with zero attached hydrogens (tertiary/aromatic N) is 1. The Morgan fingerprint density at radius 3 is 2.41 bits per heavy atom. The fourth-order valence-corrected chi connectivity index (χ4v) is 2.51. The Balaban J connectivity index is 1.77. The van der Waals surface area contributed by atoms with Crippen LogP contribution in [-0.4, -0.2) is 36.5 Å². The van der Waals surface area contributed by atoms with Crippen LogP contribution in [0.4, 0.5) is 10.5 Å². The summed E-state index contributed by atoms with van der Waals surface area (Å²) >= 11 is 0. The van der Waals surface area contributed by atoms with Gasteiger partial charge < -0.3 is 15.5 Å². The molecule has 1 aliphatic rings. The first-order chi connectivity index (χ1) is 10.6. The van der Waals surface area contributed by atoms with E-state index in [1.807, 2.05) is 30.3 Å². The molecule has 2 N–H and O–H groups in total. The molecule has 5 nitrogen and oxygen atoms in total. The number of carbonyl (C=O) groups excluding carboxylic acids is 2. The Morgan fingerprint density at radius 1 is 1.18 bits per heavy atom. The second kappa shape index (κ2) is 7.82. The van der Waals surface area contributed by atoms with Gasteiger partial charge in [-0.1, -0.05) is 32.0 Å². The van der Waals surface area contributed by atoms with E-state index in [1.165, 1.54) is 0 Å². The van der Waals surface area contributed by atoms with Crippen LogP contribution in [0.2, 0.25) is 0 Å². The average molecular weight is 303 g/mol. The number of piperidine rings is 1. The summed E-state index contributed by atoms with van der Waals surface area (Å²) in [4.78, 5) is 26.0. The van der Waals surface area contributed by atoms with E-state index in [-0.39, 0.29) is 17.9 Å². The molecule has 1 fully saturated rings. The number of para-hydroxylation sites is 1. The molecule has 0 unspecified atom stereocenters. The van der Waals surface area contributed by atoms with Crippen LogP contribution in [0.1, 0.15) is 26.7 Å². The van der Waals surface area contributed by atoms with Crippen LogP contribution >= 0.6 is 0 Å². The van der Waals surface area contributed by atoms with Crippen molar-refractivity contribution in [3.05, 3.63) is 30.3 Å². The highest BCUT2D eigenvalue weighted by Gasteiger charge is 2.27. The molecule has 0 atom stereocenters. The van der Waals surface area contributed by atoms with Gasteiger partial charge in [-0.3, -0.25) is 4.79 Å². The lowest BCUT2D eigenvalue weighted by Crippen LogP contribution is -2.46. The second-order valence-corrected chi connectivity index (χ2v) is 6.20. The van der Waals surface area contributed by atoms with Gasteiger partial charge in [0.2, 0.25) is 5.91 Å². The highest BCUT2D eigenvalue weighted by atomic mass is 16.2. The van der Waals surface area contributed by atoms with Crippen LogP contribution in [0.15, 0.2) is 30.3 Å². The van der Waals surface area contributed by atoms with E-state index in [0.29, 0.717) is 38.4 Å². The van der Waals surface area contributed by atoms with Crippen LogP contribution in [0.25, 0.3) is 0 Å². The van der Waals surface area contributed by atoms with Crippen molar-refractivity contribution in [2.24, 2.45) is 11.8 Å². The zero-order valence-electron chi connectivity index (χ0n) is 13.3. The number of nitrogens with one attached hydrogen (secondary N) is 2. The molecular weight excluding hydrogens is 278 g/mol. The molecule has 3 amide bonds. The number of rotatable bonds is 4. The molecule has 5 heteroatoms. The summed E-state index contributed by atoms with van der Waals surface area (Å²) in [5, 5.41) is 5.86. The van der Waals surface area contributed by atoms with Crippen molar-refractivity contribution in [3.63, 3.8) is 0 Å². The maximum absolute atomic E-state index is 12.2. The van der Waals surface area contributed by atoms with E-state index in [0.717, 1.165) is 5.69 Å². The van der Waals surface area contributed by atoms with Crippen LogP contribution in [0.3, 0.4) is 0 Å². The summed E-state index contributed by atoms with van der Waals surface area (Å²) in [7, 11) is 0. The molecule has 1 saturated heterocycles. The summed E-state index contributed by atoms with van der Waals surface area (Å²) in [6.07, 6.45) is 1.43. The van der Waals surface area contributed by atoms with Crippen molar-refractivity contribution in [1.82, 2.24) is 10.2 Å². The minimum absolute atomic E-state index is 0.0179. The Morgan fingerprint density at radius 2 is 1.82 bits per heavy atom.